The lowest BCUT2D eigenvalue weighted by atomic mass is 10.0. The quantitative estimate of drug-likeness (QED) is 0.846. The smallest absolute Gasteiger partial charge is 0.336 e. The number of hydrogen-bond donors (Lipinski definition) is 2. The second kappa shape index (κ2) is 6.16. The van der Waals surface area contributed by atoms with Crippen molar-refractivity contribution in [2.75, 3.05) is 0 Å². The molecule has 0 spiro atoms. The molecule has 0 bridgehead atoms. The fourth-order valence-electron chi connectivity index (χ4n) is 2.69. The van der Waals surface area contributed by atoms with Gasteiger partial charge in [-0.2, -0.15) is 0 Å². The minimum Gasteiger partial charge on any atom is -0.478 e. The van der Waals surface area contributed by atoms with Crippen LogP contribution >= 0.6 is 0 Å². The van der Waals surface area contributed by atoms with E-state index in [-0.39, 0.29) is 18.0 Å². The van der Waals surface area contributed by atoms with Gasteiger partial charge in [0, 0.05) is 0 Å². The van der Waals surface area contributed by atoms with Crippen molar-refractivity contribution in [2.24, 2.45) is 0 Å². The molecule has 2 N–H and O–H groups in total. The van der Waals surface area contributed by atoms with E-state index in [1.807, 2.05) is 19.1 Å². The van der Waals surface area contributed by atoms with Crippen molar-refractivity contribution in [1.82, 2.24) is 10.2 Å². The Labute approximate surface area is 138 Å². The summed E-state index contributed by atoms with van der Waals surface area (Å²) in [6, 6.07) is 12.4. The molecule has 0 radical (unpaired) electrons. The summed E-state index contributed by atoms with van der Waals surface area (Å²) in [5, 5.41) is 11.9. The highest BCUT2D eigenvalue weighted by Gasteiger charge is 2.39. The summed E-state index contributed by atoms with van der Waals surface area (Å²) < 4.78 is 0. The zero-order chi connectivity index (χ0) is 17.3. The van der Waals surface area contributed by atoms with Gasteiger partial charge < -0.3 is 10.4 Å². The van der Waals surface area contributed by atoms with Gasteiger partial charge in [-0.15, -0.1) is 0 Å². The first-order chi connectivity index (χ1) is 11.5. The number of aromatic carboxylic acids is 1. The lowest BCUT2D eigenvalue weighted by Gasteiger charge is -2.14. The molecule has 0 aliphatic carbocycles. The number of benzene rings is 2. The van der Waals surface area contributed by atoms with E-state index in [1.54, 1.807) is 30.3 Å². The number of aryl methyl sites for hydroxylation is 1. The Morgan fingerprint density at radius 2 is 1.79 bits per heavy atom. The molecule has 1 fully saturated rings. The Morgan fingerprint density at radius 3 is 2.46 bits per heavy atom. The number of carbonyl (C=O) groups is 3. The van der Waals surface area contributed by atoms with Gasteiger partial charge in [0.05, 0.1) is 12.1 Å². The van der Waals surface area contributed by atoms with Crippen LogP contribution in [0.3, 0.4) is 0 Å². The van der Waals surface area contributed by atoms with Gasteiger partial charge in [-0.1, -0.05) is 48.0 Å². The Hall–Kier alpha value is -3.15. The van der Waals surface area contributed by atoms with Gasteiger partial charge in [-0.3, -0.25) is 9.69 Å². The number of nitrogens with one attached hydrogen (secondary N) is 1. The van der Waals surface area contributed by atoms with Gasteiger partial charge >= 0.3 is 12.0 Å². The highest BCUT2D eigenvalue weighted by atomic mass is 16.4. The van der Waals surface area contributed by atoms with Crippen molar-refractivity contribution < 1.29 is 19.5 Å². The number of urea groups is 1. The van der Waals surface area contributed by atoms with Crippen LogP contribution in [0, 0.1) is 6.92 Å². The van der Waals surface area contributed by atoms with Crippen molar-refractivity contribution in [3.8, 4) is 0 Å². The second-order valence-electron chi connectivity index (χ2n) is 5.68. The lowest BCUT2D eigenvalue weighted by molar-refractivity contribution is -0.128. The molecule has 1 aliphatic rings. The Morgan fingerprint density at radius 1 is 1.12 bits per heavy atom. The molecule has 6 nitrogen and oxygen atoms in total. The van der Waals surface area contributed by atoms with E-state index in [4.69, 9.17) is 0 Å². The van der Waals surface area contributed by atoms with Crippen LogP contribution in [0.2, 0.25) is 0 Å². The van der Waals surface area contributed by atoms with Crippen LogP contribution in [-0.2, 0) is 11.3 Å². The van der Waals surface area contributed by atoms with Crippen LogP contribution in [-0.4, -0.2) is 27.9 Å². The van der Waals surface area contributed by atoms with E-state index < -0.39 is 18.0 Å². The number of carboxylic acids is 1. The third-order valence-corrected chi connectivity index (χ3v) is 4.01. The van der Waals surface area contributed by atoms with Crippen LogP contribution in [0.1, 0.15) is 33.1 Å². The summed E-state index contributed by atoms with van der Waals surface area (Å²) in [6.45, 7) is 1.86. The maximum absolute atomic E-state index is 12.6. The standard InChI is InChI=1S/C18H16N2O4/c1-11-6-8-12(9-7-11)15-16(21)20(18(24)19-15)10-13-4-2-3-5-14(13)17(22)23/h2-9,15H,10H2,1H3,(H,19,24)(H,22,23). The Bertz CT molecular complexity index is 814. The van der Waals surface area contributed by atoms with Gasteiger partial charge in [-0.25, -0.2) is 9.59 Å². The molecule has 0 saturated carbocycles. The van der Waals surface area contributed by atoms with Crippen LogP contribution < -0.4 is 5.32 Å². The number of carboxylic acid groups (broad SMARTS) is 1. The first-order valence-corrected chi connectivity index (χ1v) is 7.47. The van der Waals surface area contributed by atoms with E-state index in [9.17, 15) is 19.5 Å². The number of carbonyl (C=O) groups excluding carboxylic acids is 2. The molecular weight excluding hydrogens is 308 g/mol. The monoisotopic (exact) mass is 324 g/mol. The maximum atomic E-state index is 12.6. The van der Waals surface area contributed by atoms with Crippen molar-refractivity contribution in [1.29, 1.82) is 0 Å². The molecule has 3 amide bonds. The molecule has 3 rings (SSSR count). The van der Waals surface area contributed by atoms with Crippen molar-refractivity contribution in [3.05, 3.63) is 70.8 Å². The van der Waals surface area contributed by atoms with Crippen LogP contribution in [0.15, 0.2) is 48.5 Å². The molecule has 1 heterocycles. The highest BCUT2D eigenvalue weighted by Crippen LogP contribution is 2.24. The van der Waals surface area contributed by atoms with Gasteiger partial charge in [0.1, 0.15) is 6.04 Å². The number of hydrogen-bond acceptors (Lipinski definition) is 3. The minimum absolute atomic E-state index is 0.0739. The predicted molar refractivity (Wildman–Crippen MR) is 86.4 cm³/mol. The SMILES string of the molecule is Cc1ccc(C2NC(=O)N(Cc3ccccc3C(=O)O)C2=O)cc1. The molecule has 1 atom stereocenters. The molecule has 1 unspecified atom stereocenters. The summed E-state index contributed by atoms with van der Waals surface area (Å²) in [7, 11) is 0. The molecule has 2 aromatic rings. The van der Waals surface area contributed by atoms with Crippen molar-refractivity contribution in [3.63, 3.8) is 0 Å². The summed E-state index contributed by atoms with van der Waals surface area (Å²) in [4.78, 5) is 37.1. The zero-order valence-corrected chi connectivity index (χ0v) is 13.0. The maximum Gasteiger partial charge on any atom is 0.336 e. The molecule has 6 heteroatoms. The summed E-state index contributed by atoms with van der Waals surface area (Å²) in [5.41, 5.74) is 2.26. The van der Waals surface area contributed by atoms with E-state index in [0.29, 0.717) is 11.1 Å². The molecule has 2 aromatic carbocycles. The van der Waals surface area contributed by atoms with Crippen LogP contribution in [0.4, 0.5) is 4.79 Å². The molecule has 122 valence electrons. The van der Waals surface area contributed by atoms with E-state index in [0.717, 1.165) is 10.5 Å². The average Bonchev–Trinajstić information content (AvgIpc) is 2.84. The summed E-state index contributed by atoms with van der Waals surface area (Å²) in [5.74, 6) is -1.48. The zero-order valence-electron chi connectivity index (χ0n) is 13.0. The molecule has 1 saturated heterocycles. The molecular formula is C18H16N2O4. The van der Waals surface area contributed by atoms with Crippen molar-refractivity contribution >= 4 is 17.9 Å². The van der Waals surface area contributed by atoms with E-state index in [1.165, 1.54) is 6.07 Å². The number of rotatable bonds is 4. The molecule has 24 heavy (non-hydrogen) atoms. The van der Waals surface area contributed by atoms with Gasteiger partial charge in [0.15, 0.2) is 0 Å². The number of amides is 3. The van der Waals surface area contributed by atoms with Crippen LogP contribution in [0.25, 0.3) is 0 Å². The largest absolute Gasteiger partial charge is 0.478 e. The highest BCUT2D eigenvalue weighted by molar-refractivity contribution is 6.04. The summed E-state index contributed by atoms with van der Waals surface area (Å²) >= 11 is 0. The Balaban J connectivity index is 1.85. The number of imide groups is 1. The first kappa shape index (κ1) is 15.7. The van der Waals surface area contributed by atoms with Gasteiger partial charge in [0.25, 0.3) is 5.91 Å². The fourth-order valence-corrected chi connectivity index (χ4v) is 2.69. The van der Waals surface area contributed by atoms with E-state index in [2.05, 4.69) is 5.32 Å². The second-order valence-corrected chi connectivity index (χ2v) is 5.68. The fraction of sp³-hybridized carbons (Fsp3) is 0.167. The topological polar surface area (TPSA) is 86.7 Å². The third-order valence-electron chi connectivity index (χ3n) is 4.01. The van der Waals surface area contributed by atoms with E-state index >= 15 is 0 Å². The minimum atomic E-state index is -1.09. The molecule has 1 aliphatic heterocycles. The summed E-state index contributed by atoms with van der Waals surface area (Å²) in [6.07, 6.45) is 0. The Kier molecular flexibility index (Phi) is 4.04. The average molecular weight is 324 g/mol. The van der Waals surface area contributed by atoms with Gasteiger partial charge in [-0.05, 0) is 24.1 Å². The lowest BCUT2D eigenvalue weighted by Crippen LogP contribution is -2.31. The van der Waals surface area contributed by atoms with Gasteiger partial charge in [0.2, 0.25) is 0 Å². The normalized spacial score (nSPS) is 17.0. The predicted octanol–water partition coefficient (Wildman–Crippen LogP) is 2.49. The third kappa shape index (κ3) is 2.86. The van der Waals surface area contributed by atoms with Crippen molar-refractivity contribution in [2.45, 2.75) is 19.5 Å². The van der Waals surface area contributed by atoms with Crippen LogP contribution in [0.5, 0.6) is 0 Å². The first-order valence-electron chi connectivity index (χ1n) is 7.47. The number of nitrogens with zero attached hydrogens (tertiary/aromatic N) is 1. The molecule has 0 aromatic heterocycles.